The van der Waals surface area contributed by atoms with Crippen molar-refractivity contribution >= 4 is 16.9 Å². The molecule has 0 saturated carbocycles. The van der Waals surface area contributed by atoms with Crippen molar-refractivity contribution in [2.45, 2.75) is 38.6 Å². The third-order valence-corrected chi connectivity index (χ3v) is 6.77. The highest BCUT2D eigenvalue weighted by molar-refractivity contribution is 5.91. The first-order chi connectivity index (χ1) is 15.8. The van der Waals surface area contributed by atoms with Crippen molar-refractivity contribution in [1.29, 1.82) is 0 Å². The molecule has 1 aromatic carbocycles. The molecular formula is C24H23N3O6. The zero-order chi connectivity index (χ0) is 23.1. The molecule has 9 nitrogen and oxygen atoms in total. The summed E-state index contributed by atoms with van der Waals surface area (Å²) >= 11 is 0. The van der Waals surface area contributed by atoms with Crippen molar-refractivity contribution in [3.8, 4) is 22.9 Å². The zero-order valence-electron chi connectivity index (χ0n) is 18.6. The van der Waals surface area contributed by atoms with Gasteiger partial charge in [0.2, 0.25) is 6.79 Å². The minimum atomic E-state index is -1.85. The summed E-state index contributed by atoms with van der Waals surface area (Å²) in [6, 6.07) is 5.54. The monoisotopic (exact) mass is 449 g/mol. The number of esters is 1. The van der Waals surface area contributed by atoms with Crippen LogP contribution in [0.4, 0.5) is 0 Å². The van der Waals surface area contributed by atoms with Gasteiger partial charge in [0, 0.05) is 29.1 Å². The van der Waals surface area contributed by atoms with E-state index in [9.17, 15) is 14.7 Å². The van der Waals surface area contributed by atoms with Gasteiger partial charge in [0.1, 0.15) is 6.61 Å². The summed E-state index contributed by atoms with van der Waals surface area (Å²) in [5.41, 5.74) is 2.51. The molecular weight excluding hydrogens is 426 g/mol. The van der Waals surface area contributed by atoms with Gasteiger partial charge in [-0.25, -0.2) is 9.78 Å². The van der Waals surface area contributed by atoms with Gasteiger partial charge in [0.15, 0.2) is 17.1 Å². The predicted octanol–water partition coefficient (Wildman–Crippen LogP) is 1.87. The number of ether oxygens (including phenoxy) is 3. The summed E-state index contributed by atoms with van der Waals surface area (Å²) < 4.78 is 18.0. The van der Waals surface area contributed by atoms with E-state index in [1.54, 1.807) is 17.6 Å². The van der Waals surface area contributed by atoms with Gasteiger partial charge in [-0.15, -0.1) is 0 Å². The van der Waals surface area contributed by atoms with Crippen LogP contribution in [0, 0.1) is 0 Å². The molecule has 33 heavy (non-hydrogen) atoms. The molecule has 0 fully saturated rings. The summed E-state index contributed by atoms with van der Waals surface area (Å²) in [5, 5.41) is 12.0. The molecule has 170 valence electrons. The lowest BCUT2D eigenvalue weighted by Gasteiger charge is -2.31. The molecule has 5 heterocycles. The number of aliphatic hydroxyl groups is 1. The number of nitrogens with zero attached hydrogens (tertiary/aromatic N) is 3. The van der Waals surface area contributed by atoms with Crippen LogP contribution in [0.25, 0.3) is 22.3 Å². The summed E-state index contributed by atoms with van der Waals surface area (Å²) in [6.45, 7) is 2.72. The van der Waals surface area contributed by atoms with Crippen molar-refractivity contribution in [3.63, 3.8) is 0 Å². The molecule has 9 heteroatoms. The van der Waals surface area contributed by atoms with E-state index in [0.717, 1.165) is 22.0 Å². The molecule has 3 aliphatic heterocycles. The fraction of sp³-hybridized carbons (Fsp3) is 0.375. The van der Waals surface area contributed by atoms with Crippen LogP contribution in [0.1, 0.15) is 35.6 Å². The number of carbonyl (C=O) groups is 1. The second-order valence-corrected chi connectivity index (χ2v) is 8.98. The number of hydrogen-bond donors (Lipinski definition) is 1. The predicted molar refractivity (Wildman–Crippen MR) is 118 cm³/mol. The first-order valence-electron chi connectivity index (χ1n) is 10.9. The first-order valence-corrected chi connectivity index (χ1v) is 10.9. The highest BCUT2D eigenvalue weighted by atomic mass is 16.7. The van der Waals surface area contributed by atoms with Gasteiger partial charge in [0.25, 0.3) is 5.56 Å². The Labute approximate surface area is 189 Å². The van der Waals surface area contributed by atoms with Gasteiger partial charge in [-0.2, -0.15) is 0 Å². The van der Waals surface area contributed by atoms with Crippen LogP contribution < -0.4 is 15.0 Å². The van der Waals surface area contributed by atoms with Crippen LogP contribution >= 0.6 is 0 Å². The number of benzene rings is 1. The fourth-order valence-corrected chi connectivity index (χ4v) is 5.05. The summed E-state index contributed by atoms with van der Waals surface area (Å²) in [7, 11) is 3.98. The highest BCUT2D eigenvalue weighted by Gasteiger charge is 2.45. The minimum absolute atomic E-state index is 0.106. The number of pyridine rings is 2. The maximum absolute atomic E-state index is 13.5. The van der Waals surface area contributed by atoms with E-state index in [0.29, 0.717) is 47.1 Å². The van der Waals surface area contributed by atoms with Gasteiger partial charge in [-0.3, -0.25) is 4.79 Å². The molecule has 2 aromatic heterocycles. The van der Waals surface area contributed by atoms with Crippen LogP contribution in [0.15, 0.2) is 23.0 Å². The van der Waals surface area contributed by atoms with Crippen molar-refractivity contribution in [2.24, 2.45) is 0 Å². The van der Waals surface area contributed by atoms with Gasteiger partial charge in [0.05, 0.1) is 29.0 Å². The molecule has 6 rings (SSSR count). The van der Waals surface area contributed by atoms with Gasteiger partial charge in [-0.05, 0) is 38.2 Å². The third-order valence-electron chi connectivity index (χ3n) is 6.77. The molecule has 3 aromatic rings. The van der Waals surface area contributed by atoms with E-state index >= 15 is 0 Å². The number of aromatic nitrogens is 2. The van der Waals surface area contributed by atoms with E-state index in [-0.39, 0.29) is 25.4 Å². The molecule has 0 amide bonds. The molecule has 0 radical (unpaired) electrons. The van der Waals surface area contributed by atoms with Gasteiger partial charge >= 0.3 is 5.97 Å². The quantitative estimate of drug-likeness (QED) is 0.473. The Morgan fingerprint density at radius 1 is 1.12 bits per heavy atom. The minimum Gasteiger partial charge on any atom is -0.458 e. The lowest BCUT2D eigenvalue weighted by Crippen LogP contribution is -2.44. The fourth-order valence-electron chi connectivity index (χ4n) is 5.05. The maximum atomic E-state index is 13.5. The van der Waals surface area contributed by atoms with E-state index in [4.69, 9.17) is 19.2 Å². The first kappa shape index (κ1) is 20.2. The largest absolute Gasteiger partial charge is 0.458 e. The van der Waals surface area contributed by atoms with Crippen LogP contribution in [-0.4, -0.2) is 46.4 Å². The molecule has 0 spiro atoms. The van der Waals surface area contributed by atoms with E-state index < -0.39 is 11.6 Å². The molecule has 1 N–H and O–H groups in total. The van der Waals surface area contributed by atoms with E-state index in [1.807, 2.05) is 26.2 Å². The summed E-state index contributed by atoms with van der Waals surface area (Å²) in [5.74, 6) is 0.582. The molecule has 1 atom stereocenters. The molecule has 0 unspecified atom stereocenters. The standard InChI is InChI=1S/C24H23N3O6/c1-4-24(30)16-6-18-21-14(9-27(18)22(28)15(16)10-31-23(24)29)13(8-26(2)3)12-5-19-20(33-11-32-19)7-17(12)25-21/h5-7,30H,4,8-11H2,1-3H3/t24-/m0/s1. The Morgan fingerprint density at radius 3 is 2.61 bits per heavy atom. The Bertz CT molecular complexity index is 1430. The smallest absolute Gasteiger partial charge is 0.343 e. The molecule has 0 saturated heterocycles. The lowest BCUT2D eigenvalue weighted by molar-refractivity contribution is -0.172. The Balaban J connectivity index is 1.65. The lowest BCUT2D eigenvalue weighted by atomic mass is 9.86. The third kappa shape index (κ3) is 2.69. The number of carbonyl (C=O) groups excluding carboxylic acids is 1. The van der Waals surface area contributed by atoms with Gasteiger partial charge in [-0.1, -0.05) is 6.92 Å². The van der Waals surface area contributed by atoms with Crippen LogP contribution in [0.2, 0.25) is 0 Å². The summed E-state index contributed by atoms with van der Waals surface area (Å²) in [6.07, 6.45) is 0.106. The second kappa shape index (κ2) is 6.79. The topological polar surface area (TPSA) is 103 Å². The van der Waals surface area contributed by atoms with Crippen molar-refractivity contribution in [3.05, 3.63) is 50.8 Å². The number of rotatable bonds is 3. The Kier molecular flexibility index (Phi) is 4.15. The van der Waals surface area contributed by atoms with E-state index in [1.165, 1.54) is 0 Å². The average Bonchev–Trinajstić information content (AvgIpc) is 3.39. The van der Waals surface area contributed by atoms with Crippen LogP contribution in [-0.2, 0) is 34.8 Å². The maximum Gasteiger partial charge on any atom is 0.343 e. The van der Waals surface area contributed by atoms with Gasteiger partial charge < -0.3 is 28.8 Å². The van der Waals surface area contributed by atoms with E-state index in [2.05, 4.69) is 4.90 Å². The van der Waals surface area contributed by atoms with Crippen LogP contribution in [0.5, 0.6) is 11.5 Å². The zero-order valence-corrected chi connectivity index (χ0v) is 18.6. The van der Waals surface area contributed by atoms with Crippen LogP contribution in [0.3, 0.4) is 0 Å². The Morgan fingerprint density at radius 2 is 1.88 bits per heavy atom. The molecule has 3 aliphatic rings. The van der Waals surface area contributed by atoms with Crippen molar-refractivity contribution < 1.29 is 24.1 Å². The SMILES string of the molecule is CC[C@@]1(O)C(=O)OCc2c1cc1n(c2=O)Cc2c-1nc1cc3c(cc1c2CN(C)C)OCO3. The summed E-state index contributed by atoms with van der Waals surface area (Å²) in [4.78, 5) is 32.8. The number of hydrogen-bond acceptors (Lipinski definition) is 8. The van der Waals surface area contributed by atoms with Crippen molar-refractivity contribution in [1.82, 2.24) is 14.5 Å². The highest BCUT2D eigenvalue weighted by Crippen LogP contribution is 2.43. The second-order valence-electron chi connectivity index (χ2n) is 8.98. The molecule has 0 aliphatic carbocycles. The Hall–Kier alpha value is -3.43. The number of cyclic esters (lactones) is 1. The average molecular weight is 449 g/mol. The molecule has 0 bridgehead atoms. The normalized spacial score (nSPS) is 20.1. The number of fused-ring (bicyclic) bond motifs is 6. The van der Waals surface area contributed by atoms with Crippen molar-refractivity contribution in [2.75, 3.05) is 20.9 Å².